The second-order valence-corrected chi connectivity index (χ2v) is 8.27. The summed E-state index contributed by atoms with van der Waals surface area (Å²) >= 11 is 0. The summed E-state index contributed by atoms with van der Waals surface area (Å²) in [5.74, 6) is -0.378. The van der Waals surface area contributed by atoms with E-state index in [1.54, 1.807) is 30.7 Å². The first-order chi connectivity index (χ1) is 14.2. The first kappa shape index (κ1) is 23.3. The molecule has 160 valence electrons. The quantitative estimate of drug-likeness (QED) is 0.326. The summed E-state index contributed by atoms with van der Waals surface area (Å²) in [5, 5.41) is 3.64. The van der Waals surface area contributed by atoms with Gasteiger partial charge in [-0.2, -0.15) is 0 Å². The van der Waals surface area contributed by atoms with Crippen molar-refractivity contribution >= 4 is 23.6 Å². The van der Waals surface area contributed by atoms with Gasteiger partial charge in [-0.3, -0.25) is 4.99 Å². The molecule has 0 amide bonds. The Morgan fingerprint density at radius 3 is 2.43 bits per heavy atom. The average Bonchev–Trinajstić information content (AvgIpc) is 2.72. The summed E-state index contributed by atoms with van der Waals surface area (Å²) < 4.78 is 5.52. The fourth-order valence-corrected chi connectivity index (χ4v) is 3.06. The Bertz CT molecular complexity index is 882. The van der Waals surface area contributed by atoms with Crippen LogP contribution in [0.2, 0.25) is 0 Å². The number of hydrogen-bond acceptors (Lipinski definition) is 6. The number of hydrogen-bond donors (Lipinski definition) is 1. The fraction of sp³-hybridized carbons (Fsp3) is 0.417. The highest BCUT2D eigenvalue weighted by Crippen LogP contribution is 2.33. The van der Waals surface area contributed by atoms with Crippen LogP contribution in [0.4, 0.5) is 11.4 Å². The number of carbonyl (C=O) groups excluding carboxylic acids is 1. The number of rotatable bonds is 9. The smallest absolute Gasteiger partial charge is 0.338 e. The van der Waals surface area contributed by atoms with E-state index in [4.69, 9.17) is 4.74 Å². The van der Waals surface area contributed by atoms with E-state index in [1.165, 1.54) is 6.33 Å². The molecule has 0 bridgehead atoms. The van der Waals surface area contributed by atoms with Gasteiger partial charge in [0.25, 0.3) is 0 Å². The molecule has 0 saturated carbocycles. The molecule has 0 radical (unpaired) electrons. The van der Waals surface area contributed by atoms with Crippen molar-refractivity contribution in [1.29, 1.82) is 0 Å². The van der Waals surface area contributed by atoms with Gasteiger partial charge in [0.05, 0.1) is 16.9 Å². The van der Waals surface area contributed by atoms with Gasteiger partial charge >= 0.3 is 5.97 Å². The van der Waals surface area contributed by atoms with Crippen LogP contribution < -0.4 is 5.32 Å². The average molecular weight is 409 g/mol. The molecule has 1 N–H and O–H groups in total. The third-order valence-corrected chi connectivity index (χ3v) is 4.85. The summed E-state index contributed by atoms with van der Waals surface area (Å²) in [5.41, 5.74) is 2.03. The standard InChI is InChI=1S/C24H32N4O2/c1-7-12-24(8-2,9-3)28-20-11-10-19(22(29)30-23(4,5)6)13-21(20)27-16-18-14-25-17-26-15-18/h7,10-11,13-17,28H,1,8-9,12H2,2-6H3. The maximum absolute atomic E-state index is 12.6. The third-order valence-electron chi connectivity index (χ3n) is 4.85. The largest absolute Gasteiger partial charge is 0.456 e. The van der Waals surface area contributed by atoms with Crippen LogP contribution in [0, 0.1) is 0 Å². The topological polar surface area (TPSA) is 76.5 Å². The van der Waals surface area contributed by atoms with Gasteiger partial charge in [-0.05, 0) is 58.2 Å². The first-order valence-corrected chi connectivity index (χ1v) is 10.3. The van der Waals surface area contributed by atoms with Gasteiger partial charge in [0.2, 0.25) is 0 Å². The predicted octanol–water partition coefficient (Wildman–Crippen LogP) is 5.73. The van der Waals surface area contributed by atoms with Crippen LogP contribution in [0.1, 0.15) is 69.8 Å². The second kappa shape index (κ2) is 10.1. The molecule has 2 aromatic rings. The van der Waals surface area contributed by atoms with Gasteiger partial charge in [-0.1, -0.05) is 19.9 Å². The minimum atomic E-state index is -0.567. The molecule has 1 aromatic heterocycles. The Hall–Kier alpha value is -3.02. The van der Waals surface area contributed by atoms with Crippen molar-refractivity contribution in [3.8, 4) is 0 Å². The minimum Gasteiger partial charge on any atom is -0.456 e. The highest BCUT2D eigenvalue weighted by molar-refractivity contribution is 5.93. The highest BCUT2D eigenvalue weighted by Gasteiger charge is 2.26. The maximum atomic E-state index is 12.6. The van der Waals surface area contributed by atoms with E-state index in [0.717, 1.165) is 30.5 Å². The number of benzene rings is 1. The molecular formula is C24H32N4O2. The summed E-state index contributed by atoms with van der Waals surface area (Å²) in [7, 11) is 0. The second-order valence-electron chi connectivity index (χ2n) is 8.27. The fourth-order valence-electron chi connectivity index (χ4n) is 3.06. The van der Waals surface area contributed by atoms with E-state index < -0.39 is 5.60 Å². The zero-order chi connectivity index (χ0) is 22.2. The Balaban J connectivity index is 2.45. The van der Waals surface area contributed by atoms with E-state index in [9.17, 15) is 4.79 Å². The molecule has 0 unspecified atom stereocenters. The monoisotopic (exact) mass is 408 g/mol. The Morgan fingerprint density at radius 1 is 1.20 bits per heavy atom. The number of ether oxygens (including phenoxy) is 1. The molecule has 0 aliphatic carbocycles. The van der Waals surface area contributed by atoms with Crippen molar-refractivity contribution in [2.45, 2.75) is 65.0 Å². The lowest BCUT2D eigenvalue weighted by Gasteiger charge is -2.33. The van der Waals surface area contributed by atoms with Gasteiger partial charge in [-0.15, -0.1) is 6.58 Å². The Morgan fingerprint density at radius 2 is 1.87 bits per heavy atom. The van der Waals surface area contributed by atoms with Crippen LogP contribution in [0.5, 0.6) is 0 Å². The number of esters is 1. The van der Waals surface area contributed by atoms with E-state index in [0.29, 0.717) is 11.3 Å². The van der Waals surface area contributed by atoms with E-state index >= 15 is 0 Å². The summed E-state index contributed by atoms with van der Waals surface area (Å²) in [4.78, 5) is 25.2. The molecule has 0 spiro atoms. The molecule has 0 aliphatic heterocycles. The van der Waals surface area contributed by atoms with Crippen LogP contribution >= 0.6 is 0 Å². The van der Waals surface area contributed by atoms with Crippen LogP contribution in [0.15, 0.2) is 54.6 Å². The lowest BCUT2D eigenvalue weighted by Crippen LogP contribution is -2.36. The number of nitrogens with zero attached hydrogens (tertiary/aromatic N) is 3. The predicted molar refractivity (Wildman–Crippen MR) is 123 cm³/mol. The number of nitrogens with one attached hydrogen (secondary N) is 1. The molecule has 30 heavy (non-hydrogen) atoms. The maximum Gasteiger partial charge on any atom is 0.338 e. The zero-order valence-electron chi connectivity index (χ0n) is 18.6. The van der Waals surface area contributed by atoms with Crippen molar-refractivity contribution in [2.24, 2.45) is 4.99 Å². The molecule has 0 atom stereocenters. The van der Waals surface area contributed by atoms with Gasteiger partial charge in [-0.25, -0.2) is 14.8 Å². The number of aliphatic imine (C=N–C) groups is 1. The summed E-state index contributed by atoms with van der Waals surface area (Å²) in [6, 6.07) is 5.41. The lowest BCUT2D eigenvalue weighted by atomic mass is 9.88. The molecular weight excluding hydrogens is 376 g/mol. The van der Waals surface area contributed by atoms with Gasteiger partial charge in [0.1, 0.15) is 11.9 Å². The molecule has 0 saturated heterocycles. The number of anilines is 1. The van der Waals surface area contributed by atoms with Gasteiger partial charge in [0.15, 0.2) is 0 Å². The normalized spacial score (nSPS) is 12.0. The number of carbonyl (C=O) groups is 1. The van der Waals surface area contributed by atoms with Crippen molar-refractivity contribution in [1.82, 2.24) is 9.97 Å². The van der Waals surface area contributed by atoms with Crippen molar-refractivity contribution in [3.63, 3.8) is 0 Å². The van der Waals surface area contributed by atoms with E-state index in [2.05, 4.69) is 40.7 Å². The van der Waals surface area contributed by atoms with Gasteiger partial charge < -0.3 is 10.1 Å². The van der Waals surface area contributed by atoms with Crippen LogP contribution in [-0.2, 0) is 4.74 Å². The molecule has 1 heterocycles. The molecule has 6 nitrogen and oxygen atoms in total. The Labute approximate surface area is 179 Å². The molecule has 1 aromatic carbocycles. The zero-order valence-corrected chi connectivity index (χ0v) is 18.6. The lowest BCUT2D eigenvalue weighted by molar-refractivity contribution is 0.00696. The van der Waals surface area contributed by atoms with Crippen molar-refractivity contribution in [3.05, 3.63) is 60.7 Å². The van der Waals surface area contributed by atoms with E-state index in [-0.39, 0.29) is 11.5 Å². The van der Waals surface area contributed by atoms with Gasteiger partial charge in [0, 0.05) is 29.7 Å². The highest BCUT2D eigenvalue weighted by atomic mass is 16.6. The Kier molecular flexibility index (Phi) is 7.86. The SMILES string of the molecule is C=CCC(CC)(CC)Nc1ccc(C(=O)OC(C)(C)C)cc1N=Cc1cncnc1. The third kappa shape index (κ3) is 6.51. The summed E-state index contributed by atoms with van der Waals surface area (Å²) in [6.45, 7) is 13.8. The van der Waals surface area contributed by atoms with Crippen LogP contribution in [0.3, 0.4) is 0 Å². The molecule has 0 aliphatic rings. The van der Waals surface area contributed by atoms with Crippen molar-refractivity contribution in [2.75, 3.05) is 5.32 Å². The molecule has 6 heteroatoms. The van der Waals surface area contributed by atoms with E-state index in [1.807, 2.05) is 32.9 Å². The van der Waals surface area contributed by atoms with Crippen LogP contribution in [0.25, 0.3) is 0 Å². The van der Waals surface area contributed by atoms with Crippen LogP contribution in [-0.4, -0.2) is 33.3 Å². The minimum absolute atomic E-state index is 0.130. The summed E-state index contributed by atoms with van der Waals surface area (Å²) in [6.07, 6.45) is 11.1. The van der Waals surface area contributed by atoms with Crippen molar-refractivity contribution < 1.29 is 9.53 Å². The molecule has 0 fully saturated rings. The molecule has 2 rings (SSSR count). The number of aromatic nitrogens is 2. The first-order valence-electron chi connectivity index (χ1n) is 10.3.